The summed E-state index contributed by atoms with van der Waals surface area (Å²) in [7, 11) is 0. The number of hydrogen-bond acceptors (Lipinski definition) is 2. The Morgan fingerprint density at radius 1 is 1.26 bits per heavy atom. The topological polar surface area (TPSA) is 57.6 Å². The van der Waals surface area contributed by atoms with E-state index in [1.807, 2.05) is 11.8 Å². The standard InChI is InChI=1S/C19H27NO3/c1-14-6-8-16(9-7-14)13-15(2)19(23)20-12-4-3-5-17(20)10-11-18(21)22/h6-9,15,17H,3-5,10-13H2,1-2H3,(H,21,22). The van der Waals surface area contributed by atoms with Crippen LogP contribution in [0.4, 0.5) is 0 Å². The van der Waals surface area contributed by atoms with Crippen LogP contribution in [0.2, 0.25) is 0 Å². The Bertz CT molecular complexity index is 538. The highest BCUT2D eigenvalue weighted by molar-refractivity contribution is 5.79. The number of carboxylic acids is 1. The van der Waals surface area contributed by atoms with Crippen LogP contribution in [-0.2, 0) is 16.0 Å². The van der Waals surface area contributed by atoms with Crippen LogP contribution < -0.4 is 0 Å². The quantitative estimate of drug-likeness (QED) is 0.874. The van der Waals surface area contributed by atoms with Gasteiger partial charge in [-0.25, -0.2) is 0 Å². The van der Waals surface area contributed by atoms with Gasteiger partial charge in [0.25, 0.3) is 0 Å². The molecule has 0 radical (unpaired) electrons. The minimum atomic E-state index is -0.782. The Labute approximate surface area is 138 Å². The predicted octanol–water partition coefficient (Wildman–Crippen LogP) is 3.42. The summed E-state index contributed by atoms with van der Waals surface area (Å²) >= 11 is 0. The minimum absolute atomic E-state index is 0.0665. The van der Waals surface area contributed by atoms with Crippen molar-refractivity contribution in [1.82, 2.24) is 4.90 Å². The lowest BCUT2D eigenvalue weighted by molar-refractivity contribution is -0.142. The fourth-order valence-corrected chi connectivity index (χ4v) is 3.33. The monoisotopic (exact) mass is 317 g/mol. The summed E-state index contributed by atoms with van der Waals surface area (Å²) < 4.78 is 0. The third kappa shape index (κ3) is 5.08. The maximum Gasteiger partial charge on any atom is 0.303 e. The number of hydrogen-bond donors (Lipinski definition) is 1. The Morgan fingerprint density at radius 3 is 2.61 bits per heavy atom. The average molecular weight is 317 g/mol. The van der Waals surface area contributed by atoms with Crippen LogP contribution in [0.15, 0.2) is 24.3 Å². The highest BCUT2D eigenvalue weighted by Gasteiger charge is 2.29. The molecule has 0 aromatic heterocycles. The summed E-state index contributed by atoms with van der Waals surface area (Å²) in [5, 5.41) is 8.89. The summed E-state index contributed by atoms with van der Waals surface area (Å²) in [5.41, 5.74) is 2.40. The van der Waals surface area contributed by atoms with E-state index in [2.05, 4.69) is 31.2 Å². The van der Waals surface area contributed by atoms with Crippen molar-refractivity contribution >= 4 is 11.9 Å². The number of benzene rings is 1. The Hall–Kier alpha value is -1.84. The van der Waals surface area contributed by atoms with E-state index in [0.29, 0.717) is 6.42 Å². The third-order valence-electron chi connectivity index (χ3n) is 4.69. The molecule has 1 aromatic carbocycles. The third-order valence-corrected chi connectivity index (χ3v) is 4.69. The zero-order valence-electron chi connectivity index (χ0n) is 14.1. The van der Waals surface area contributed by atoms with Crippen LogP contribution in [0.5, 0.6) is 0 Å². The largest absolute Gasteiger partial charge is 0.481 e. The average Bonchev–Trinajstić information content (AvgIpc) is 2.54. The van der Waals surface area contributed by atoms with Crippen LogP contribution in [0, 0.1) is 12.8 Å². The highest BCUT2D eigenvalue weighted by Crippen LogP contribution is 2.24. The van der Waals surface area contributed by atoms with Gasteiger partial charge in [0, 0.05) is 24.9 Å². The molecule has 0 bridgehead atoms. The molecule has 1 aromatic rings. The van der Waals surface area contributed by atoms with E-state index in [-0.39, 0.29) is 24.3 Å². The Morgan fingerprint density at radius 2 is 1.96 bits per heavy atom. The molecule has 126 valence electrons. The molecule has 1 fully saturated rings. The second-order valence-corrected chi connectivity index (χ2v) is 6.70. The Balaban J connectivity index is 1.97. The molecule has 1 N–H and O–H groups in total. The molecular weight excluding hydrogens is 290 g/mol. The van der Waals surface area contributed by atoms with Crippen LogP contribution >= 0.6 is 0 Å². The first-order valence-electron chi connectivity index (χ1n) is 8.55. The van der Waals surface area contributed by atoms with Gasteiger partial charge < -0.3 is 10.0 Å². The maximum absolute atomic E-state index is 12.8. The van der Waals surface area contributed by atoms with Crippen molar-refractivity contribution < 1.29 is 14.7 Å². The summed E-state index contributed by atoms with van der Waals surface area (Å²) in [6.07, 6.45) is 4.48. The van der Waals surface area contributed by atoms with E-state index >= 15 is 0 Å². The number of rotatable bonds is 6. The molecular formula is C19H27NO3. The van der Waals surface area contributed by atoms with E-state index in [9.17, 15) is 9.59 Å². The fourth-order valence-electron chi connectivity index (χ4n) is 3.33. The van der Waals surface area contributed by atoms with Gasteiger partial charge in [0.2, 0.25) is 5.91 Å². The molecule has 1 heterocycles. The molecule has 4 heteroatoms. The Kier molecular flexibility index (Phi) is 6.20. The normalized spacial score (nSPS) is 19.4. The van der Waals surface area contributed by atoms with Gasteiger partial charge in [0.1, 0.15) is 0 Å². The molecule has 0 saturated carbocycles. The number of nitrogens with zero attached hydrogens (tertiary/aromatic N) is 1. The molecule has 2 unspecified atom stereocenters. The van der Waals surface area contributed by atoms with Crippen molar-refractivity contribution in [3.63, 3.8) is 0 Å². The predicted molar refractivity (Wildman–Crippen MR) is 90.3 cm³/mol. The maximum atomic E-state index is 12.8. The van der Waals surface area contributed by atoms with Crippen molar-refractivity contribution in [1.29, 1.82) is 0 Å². The number of carbonyl (C=O) groups is 2. The molecule has 0 aliphatic carbocycles. The minimum Gasteiger partial charge on any atom is -0.481 e. The molecule has 1 aliphatic rings. The molecule has 1 saturated heterocycles. The van der Waals surface area contributed by atoms with Crippen molar-refractivity contribution in [3.05, 3.63) is 35.4 Å². The zero-order chi connectivity index (χ0) is 16.8. The van der Waals surface area contributed by atoms with E-state index < -0.39 is 5.97 Å². The first-order chi connectivity index (χ1) is 11.0. The zero-order valence-corrected chi connectivity index (χ0v) is 14.1. The lowest BCUT2D eigenvalue weighted by atomic mass is 9.93. The number of carbonyl (C=O) groups excluding carboxylic acids is 1. The van der Waals surface area contributed by atoms with Gasteiger partial charge >= 0.3 is 5.97 Å². The molecule has 1 aliphatic heterocycles. The number of aryl methyl sites for hydroxylation is 1. The number of piperidine rings is 1. The SMILES string of the molecule is Cc1ccc(CC(C)C(=O)N2CCCCC2CCC(=O)O)cc1. The van der Waals surface area contributed by atoms with Gasteiger partial charge in [0.15, 0.2) is 0 Å². The van der Waals surface area contributed by atoms with E-state index in [4.69, 9.17) is 5.11 Å². The van der Waals surface area contributed by atoms with Crippen LogP contribution in [0.25, 0.3) is 0 Å². The summed E-state index contributed by atoms with van der Waals surface area (Å²) in [6.45, 7) is 4.80. The van der Waals surface area contributed by atoms with Gasteiger partial charge in [0.05, 0.1) is 0 Å². The van der Waals surface area contributed by atoms with Gasteiger partial charge in [-0.05, 0) is 44.6 Å². The van der Waals surface area contributed by atoms with Crippen molar-refractivity contribution in [2.24, 2.45) is 5.92 Å². The van der Waals surface area contributed by atoms with E-state index in [1.165, 1.54) is 11.1 Å². The highest BCUT2D eigenvalue weighted by atomic mass is 16.4. The second kappa shape index (κ2) is 8.14. The van der Waals surface area contributed by atoms with Gasteiger partial charge in [-0.3, -0.25) is 9.59 Å². The molecule has 4 nitrogen and oxygen atoms in total. The molecule has 1 amide bonds. The number of carboxylic acid groups (broad SMARTS) is 1. The summed E-state index contributed by atoms with van der Waals surface area (Å²) in [4.78, 5) is 25.6. The molecule has 23 heavy (non-hydrogen) atoms. The molecule has 2 rings (SSSR count). The summed E-state index contributed by atoms with van der Waals surface area (Å²) in [6, 6.07) is 8.40. The van der Waals surface area contributed by atoms with Crippen LogP contribution in [0.3, 0.4) is 0 Å². The van der Waals surface area contributed by atoms with Crippen molar-refractivity contribution in [3.8, 4) is 0 Å². The lowest BCUT2D eigenvalue weighted by Gasteiger charge is -2.37. The van der Waals surface area contributed by atoms with Gasteiger partial charge in [-0.15, -0.1) is 0 Å². The first kappa shape index (κ1) is 17.5. The number of aliphatic carboxylic acids is 1. The van der Waals surface area contributed by atoms with E-state index in [1.54, 1.807) is 0 Å². The van der Waals surface area contributed by atoms with Crippen molar-refractivity contribution in [2.75, 3.05) is 6.54 Å². The van der Waals surface area contributed by atoms with Gasteiger partial charge in [-0.2, -0.15) is 0 Å². The second-order valence-electron chi connectivity index (χ2n) is 6.70. The molecule has 2 atom stereocenters. The number of amides is 1. The van der Waals surface area contributed by atoms with Gasteiger partial charge in [-0.1, -0.05) is 36.8 Å². The number of likely N-dealkylation sites (tertiary alicyclic amines) is 1. The first-order valence-corrected chi connectivity index (χ1v) is 8.55. The smallest absolute Gasteiger partial charge is 0.303 e. The lowest BCUT2D eigenvalue weighted by Crippen LogP contribution is -2.46. The van der Waals surface area contributed by atoms with Crippen molar-refractivity contribution in [2.45, 2.75) is 58.4 Å². The fraction of sp³-hybridized carbons (Fsp3) is 0.579. The van der Waals surface area contributed by atoms with E-state index in [0.717, 1.165) is 32.2 Å². The summed E-state index contributed by atoms with van der Waals surface area (Å²) in [5.74, 6) is -0.681. The van der Waals surface area contributed by atoms with Crippen LogP contribution in [0.1, 0.15) is 50.2 Å². The molecule has 0 spiro atoms. The van der Waals surface area contributed by atoms with Crippen LogP contribution in [-0.4, -0.2) is 34.5 Å².